The Morgan fingerprint density at radius 1 is 0.761 bits per heavy atom. The van der Waals surface area contributed by atoms with E-state index in [1.807, 2.05) is 27.7 Å². The number of methoxy groups -OCH3 is 2. The molecule has 0 radical (unpaired) electrons. The summed E-state index contributed by atoms with van der Waals surface area (Å²) < 4.78 is 7.77. The normalized spacial score (nSPS) is 26.0. The Hall–Kier alpha value is -1.94. The van der Waals surface area contributed by atoms with E-state index in [1.165, 1.54) is 39.9 Å². The molecule has 0 aromatic rings. The van der Waals surface area contributed by atoms with E-state index in [1.54, 1.807) is 13.8 Å². The number of esters is 2. The lowest BCUT2D eigenvalue weighted by atomic mass is 9.82. The Morgan fingerprint density at radius 2 is 1.20 bits per heavy atom. The standard InChI is InChI=1S/C17H26BrNO3.C12H18BrNO.C5H8O2.2CH4/c1-16(2,10-17(3,18)15(21)22-4)14(20)19-9-13-8-11-5-6-12(13)7-11;1-12(2,13)11(15)14-7-10-6-8-3-4-9(10)5-8;1-4(2)5(6)7-3;;/h5-6,11-13H,7-10H2,1-4H3,(H,19,20);3-4,8-10H,5-7H2,1-2H3,(H,14,15);1H2,2-3H3;2*1H4. The summed E-state index contributed by atoms with van der Waals surface area (Å²) in [6.45, 7) is 15.7. The molecule has 46 heavy (non-hydrogen) atoms. The quantitative estimate of drug-likeness (QED) is 0.103. The molecule has 10 heteroatoms. The van der Waals surface area contributed by atoms with Crippen molar-refractivity contribution in [1.82, 2.24) is 10.6 Å². The second-order valence-electron chi connectivity index (χ2n) is 14.0. The summed E-state index contributed by atoms with van der Waals surface area (Å²) in [5.74, 6) is 3.46. The van der Waals surface area contributed by atoms with Crippen LogP contribution in [0.5, 0.6) is 0 Å². The number of nitrogens with one attached hydrogen (secondary N) is 2. The van der Waals surface area contributed by atoms with Crippen LogP contribution in [0.2, 0.25) is 0 Å². The minimum Gasteiger partial charge on any atom is -0.468 e. The van der Waals surface area contributed by atoms with E-state index in [2.05, 4.69) is 78.1 Å². The molecule has 7 unspecified atom stereocenters. The van der Waals surface area contributed by atoms with Gasteiger partial charge in [-0.05, 0) is 95.3 Å². The van der Waals surface area contributed by atoms with Gasteiger partial charge >= 0.3 is 11.9 Å². The van der Waals surface area contributed by atoms with Gasteiger partial charge < -0.3 is 20.1 Å². The molecule has 4 aliphatic rings. The molecule has 7 atom stereocenters. The highest BCUT2D eigenvalue weighted by molar-refractivity contribution is 9.10. The third kappa shape index (κ3) is 12.9. The fourth-order valence-electron chi connectivity index (χ4n) is 6.53. The zero-order chi connectivity index (χ0) is 33.5. The second kappa shape index (κ2) is 18.6. The molecule has 0 aliphatic heterocycles. The van der Waals surface area contributed by atoms with Crippen molar-refractivity contribution in [3.63, 3.8) is 0 Å². The molecule has 2 saturated carbocycles. The third-order valence-corrected chi connectivity index (χ3v) is 9.92. The van der Waals surface area contributed by atoms with Gasteiger partial charge in [-0.2, -0.15) is 0 Å². The monoisotopic (exact) mass is 774 g/mol. The van der Waals surface area contributed by atoms with E-state index in [-0.39, 0.29) is 38.6 Å². The highest BCUT2D eigenvalue weighted by Crippen LogP contribution is 2.44. The number of rotatable bonds is 10. The fourth-order valence-corrected chi connectivity index (χ4v) is 7.53. The van der Waals surface area contributed by atoms with Crippen LogP contribution in [0.1, 0.15) is 88.5 Å². The Kier molecular flexibility index (Phi) is 17.8. The number of halogens is 2. The summed E-state index contributed by atoms with van der Waals surface area (Å²) in [4.78, 5) is 46.1. The van der Waals surface area contributed by atoms with Crippen LogP contribution in [0, 0.1) is 40.9 Å². The number of carbonyl (C=O) groups is 4. The molecule has 0 aromatic heterocycles. The van der Waals surface area contributed by atoms with Crippen LogP contribution in [-0.2, 0) is 28.7 Å². The van der Waals surface area contributed by atoms with Gasteiger partial charge in [-0.25, -0.2) is 4.79 Å². The number of hydrogen-bond acceptors (Lipinski definition) is 6. The third-order valence-electron chi connectivity index (χ3n) is 8.96. The topological polar surface area (TPSA) is 111 Å². The van der Waals surface area contributed by atoms with E-state index < -0.39 is 14.1 Å². The number of alkyl halides is 2. The Balaban J connectivity index is 0.000000733. The summed E-state index contributed by atoms with van der Waals surface area (Å²) in [6, 6.07) is 0. The Morgan fingerprint density at radius 3 is 1.48 bits per heavy atom. The molecular weight excluding hydrogens is 716 g/mol. The predicted molar refractivity (Wildman–Crippen MR) is 195 cm³/mol. The summed E-state index contributed by atoms with van der Waals surface area (Å²) in [5.41, 5.74) is -0.206. The number of hydrogen-bond donors (Lipinski definition) is 2. The minimum absolute atomic E-state index is 0. The summed E-state index contributed by atoms with van der Waals surface area (Å²) in [6.07, 6.45) is 14.6. The summed E-state index contributed by atoms with van der Waals surface area (Å²) in [5, 5.41) is 6.11. The van der Waals surface area contributed by atoms with Crippen molar-refractivity contribution in [2.45, 2.75) is 97.1 Å². The van der Waals surface area contributed by atoms with E-state index in [0.717, 1.165) is 19.0 Å². The zero-order valence-electron chi connectivity index (χ0n) is 27.6. The van der Waals surface area contributed by atoms with Gasteiger partial charge in [0.15, 0.2) is 0 Å². The number of ether oxygens (including phenoxy) is 2. The molecule has 8 nitrogen and oxygen atoms in total. The van der Waals surface area contributed by atoms with Crippen LogP contribution in [-0.4, -0.2) is 59.7 Å². The lowest BCUT2D eigenvalue weighted by Gasteiger charge is -2.31. The van der Waals surface area contributed by atoms with Gasteiger partial charge in [-0.1, -0.05) is 91.4 Å². The van der Waals surface area contributed by atoms with E-state index in [4.69, 9.17) is 4.74 Å². The SMILES string of the molecule is C.C.C=C(C)C(=O)OC.CC(C)(Br)C(=O)NCC1CC2C=CC1C2.COC(=O)C(C)(Br)CC(C)(C)C(=O)NCC1CC2C=CC1C2. The van der Waals surface area contributed by atoms with Crippen LogP contribution in [0.25, 0.3) is 0 Å². The molecule has 4 rings (SSSR count). The number of amides is 2. The highest BCUT2D eigenvalue weighted by Gasteiger charge is 2.42. The van der Waals surface area contributed by atoms with Crippen LogP contribution < -0.4 is 10.6 Å². The van der Waals surface area contributed by atoms with E-state index >= 15 is 0 Å². The lowest BCUT2D eigenvalue weighted by molar-refractivity contribution is -0.144. The average molecular weight is 777 g/mol. The first-order valence-corrected chi connectivity index (χ1v) is 17.0. The maximum atomic E-state index is 12.5. The Labute approximate surface area is 295 Å². The summed E-state index contributed by atoms with van der Waals surface area (Å²) in [7, 11) is 2.69. The molecule has 0 heterocycles. The van der Waals surface area contributed by atoms with E-state index in [9.17, 15) is 19.2 Å². The van der Waals surface area contributed by atoms with Crippen molar-refractivity contribution in [1.29, 1.82) is 0 Å². The molecular formula is C36H60Br2N2O6. The van der Waals surface area contributed by atoms with Crippen molar-refractivity contribution < 1.29 is 28.7 Å². The molecule has 2 N–H and O–H groups in total. The largest absolute Gasteiger partial charge is 0.468 e. The minimum atomic E-state index is -0.849. The zero-order valence-corrected chi connectivity index (χ0v) is 30.8. The molecule has 2 fully saturated rings. The first-order valence-electron chi connectivity index (χ1n) is 15.4. The fraction of sp³-hybridized carbons (Fsp3) is 0.722. The molecule has 4 bridgehead atoms. The molecule has 0 saturated heterocycles. The number of allylic oxidation sites excluding steroid dienone is 4. The molecule has 264 valence electrons. The van der Waals surface area contributed by atoms with Crippen molar-refractivity contribution in [3.8, 4) is 0 Å². The molecule has 4 aliphatic carbocycles. The number of carbonyl (C=O) groups excluding carboxylic acids is 4. The summed E-state index contributed by atoms with van der Waals surface area (Å²) >= 11 is 6.76. The maximum Gasteiger partial charge on any atom is 0.332 e. The highest BCUT2D eigenvalue weighted by atomic mass is 79.9. The first kappa shape index (κ1) is 44.1. The van der Waals surface area contributed by atoms with Crippen molar-refractivity contribution in [2.75, 3.05) is 27.3 Å². The van der Waals surface area contributed by atoms with Crippen molar-refractivity contribution >= 4 is 55.6 Å². The number of fused-ring (bicyclic) bond motifs is 4. The van der Waals surface area contributed by atoms with Crippen LogP contribution in [0.15, 0.2) is 36.5 Å². The molecule has 0 aromatic carbocycles. The van der Waals surface area contributed by atoms with E-state index in [0.29, 0.717) is 41.6 Å². The molecule has 0 spiro atoms. The van der Waals surface area contributed by atoms with Gasteiger partial charge in [0.05, 0.1) is 18.5 Å². The molecule has 2 amide bonds. The van der Waals surface area contributed by atoms with Crippen molar-refractivity contribution in [3.05, 3.63) is 36.5 Å². The van der Waals surface area contributed by atoms with Crippen molar-refractivity contribution in [2.24, 2.45) is 40.9 Å². The van der Waals surface area contributed by atoms with Gasteiger partial charge in [0.2, 0.25) is 11.8 Å². The van der Waals surface area contributed by atoms with Gasteiger partial charge in [0, 0.05) is 24.1 Å². The van der Waals surface area contributed by atoms with Crippen LogP contribution in [0.4, 0.5) is 0 Å². The van der Waals surface area contributed by atoms with Gasteiger partial charge in [0.1, 0.15) is 4.32 Å². The smallest absolute Gasteiger partial charge is 0.332 e. The lowest BCUT2D eigenvalue weighted by Crippen LogP contribution is -2.45. The van der Waals surface area contributed by atoms with Crippen LogP contribution >= 0.6 is 31.9 Å². The first-order chi connectivity index (χ1) is 20.3. The predicted octanol–water partition coefficient (Wildman–Crippen LogP) is 7.55. The van der Waals surface area contributed by atoms with Gasteiger partial charge in [0.25, 0.3) is 0 Å². The maximum absolute atomic E-state index is 12.5. The average Bonchev–Trinajstić information content (AvgIpc) is 3.76. The van der Waals surface area contributed by atoms with Gasteiger partial charge in [-0.3, -0.25) is 14.4 Å². The second-order valence-corrected chi connectivity index (χ2v) is 17.7. The van der Waals surface area contributed by atoms with Gasteiger partial charge in [-0.15, -0.1) is 0 Å². The van der Waals surface area contributed by atoms with Crippen LogP contribution in [0.3, 0.4) is 0 Å². The Bertz CT molecular complexity index is 1120.